The van der Waals surface area contributed by atoms with E-state index in [2.05, 4.69) is 29.2 Å². The molecule has 0 amide bonds. The van der Waals surface area contributed by atoms with Crippen LogP contribution in [0.4, 0.5) is 24.5 Å². The topological polar surface area (TPSA) is 6.48 Å². The smallest absolute Gasteiger partial charge is 0.378 e. The van der Waals surface area contributed by atoms with Gasteiger partial charge in [0.25, 0.3) is 0 Å². The third kappa shape index (κ3) is 4.29. The Kier molecular flexibility index (Phi) is 6.03. The predicted molar refractivity (Wildman–Crippen MR) is 108 cm³/mol. The maximum atomic E-state index is 13.6. The molecule has 2 rings (SSSR count). The number of rotatable bonds is 5. The van der Waals surface area contributed by atoms with Gasteiger partial charge < -0.3 is 9.80 Å². The largest absolute Gasteiger partial charge is 0.417 e. The summed E-state index contributed by atoms with van der Waals surface area (Å²) in [5.41, 5.74) is 2.37. The quantitative estimate of drug-likeness (QED) is 0.303. The van der Waals surface area contributed by atoms with Crippen LogP contribution in [-0.2, 0) is 6.18 Å². The molecule has 2 aromatic rings. The zero-order valence-corrected chi connectivity index (χ0v) is 16.5. The van der Waals surface area contributed by atoms with Crippen LogP contribution in [0.15, 0.2) is 49.2 Å². The van der Waals surface area contributed by atoms with Crippen LogP contribution in [0, 0.1) is 6.92 Å². The van der Waals surface area contributed by atoms with Crippen molar-refractivity contribution in [2.24, 2.45) is 0 Å². The number of nitrogens with zero attached hydrogens (tertiary/aromatic N) is 2. The van der Waals surface area contributed by atoms with Crippen LogP contribution in [0.25, 0.3) is 11.1 Å². The second-order valence-electron chi connectivity index (χ2n) is 5.89. The Balaban J connectivity index is 2.60. The molecule has 0 aromatic heterocycles. The third-order valence-electron chi connectivity index (χ3n) is 4.01. The van der Waals surface area contributed by atoms with Gasteiger partial charge in [0.2, 0.25) is 0 Å². The van der Waals surface area contributed by atoms with Crippen LogP contribution in [-0.4, -0.2) is 18.6 Å². The number of benzene rings is 2. The van der Waals surface area contributed by atoms with Crippen molar-refractivity contribution in [3.05, 3.63) is 60.3 Å². The summed E-state index contributed by atoms with van der Waals surface area (Å²) in [6, 6.07) is 9.90. The fourth-order valence-electron chi connectivity index (χ4n) is 2.63. The minimum atomic E-state index is -4.41. The molecule has 0 aliphatic carbocycles. The second-order valence-corrected chi connectivity index (χ2v) is 6.58. The molecule has 0 spiro atoms. The first kappa shape index (κ1) is 19.6. The number of hydrogen-bond donors (Lipinski definition) is 0. The van der Waals surface area contributed by atoms with E-state index in [-0.39, 0.29) is 5.56 Å². The number of alkyl halides is 4. The average Bonchev–Trinajstić information content (AvgIpc) is 2.55. The van der Waals surface area contributed by atoms with Gasteiger partial charge in [0.1, 0.15) is 0 Å². The van der Waals surface area contributed by atoms with Crippen LogP contribution in [0.3, 0.4) is 0 Å². The second kappa shape index (κ2) is 7.68. The first-order chi connectivity index (χ1) is 11.7. The Labute approximate surface area is 160 Å². The van der Waals surface area contributed by atoms with Crippen LogP contribution in [0.1, 0.15) is 11.1 Å². The number of halogens is 4. The zero-order chi connectivity index (χ0) is 18.8. The summed E-state index contributed by atoms with van der Waals surface area (Å²) in [5.74, 6) is 0. The van der Waals surface area contributed by atoms with E-state index < -0.39 is 11.7 Å². The van der Waals surface area contributed by atoms with Gasteiger partial charge in [0.15, 0.2) is 0 Å². The highest BCUT2D eigenvalue weighted by Gasteiger charge is 2.34. The maximum absolute atomic E-state index is 13.6. The van der Waals surface area contributed by atoms with E-state index in [1.165, 1.54) is 6.07 Å². The molecule has 0 N–H and O–H groups in total. The van der Waals surface area contributed by atoms with Crippen molar-refractivity contribution in [1.82, 2.24) is 0 Å². The van der Waals surface area contributed by atoms with Gasteiger partial charge in [0, 0.05) is 25.5 Å². The predicted octanol–water partition coefficient (Wildman–Crippen LogP) is 6.09. The molecule has 2 nitrogen and oxygen atoms in total. The molecule has 6 heteroatoms. The Hall–Kier alpha value is -1.70. The summed E-state index contributed by atoms with van der Waals surface area (Å²) < 4.78 is 41.5. The first-order valence-electron chi connectivity index (χ1n) is 7.63. The molecule has 0 fully saturated rings. The summed E-state index contributed by atoms with van der Waals surface area (Å²) >= 11 is 2.21. The lowest BCUT2D eigenvalue weighted by Crippen LogP contribution is -2.13. The summed E-state index contributed by atoms with van der Waals surface area (Å²) in [6.45, 7) is 5.59. The Morgan fingerprint density at radius 1 is 1.04 bits per heavy atom. The van der Waals surface area contributed by atoms with E-state index >= 15 is 0 Å². The van der Waals surface area contributed by atoms with Gasteiger partial charge in [0.05, 0.1) is 10.1 Å². The van der Waals surface area contributed by atoms with Crippen molar-refractivity contribution in [2.45, 2.75) is 13.1 Å². The van der Waals surface area contributed by atoms with Gasteiger partial charge in [-0.15, -0.1) is 0 Å². The van der Waals surface area contributed by atoms with Gasteiger partial charge in [-0.1, -0.05) is 41.3 Å². The summed E-state index contributed by atoms with van der Waals surface area (Å²) in [7, 11) is 3.45. The van der Waals surface area contributed by atoms with Crippen molar-refractivity contribution in [2.75, 3.05) is 28.4 Å². The monoisotopic (exact) mass is 460 g/mol. The molecule has 0 aliphatic rings. The number of hydrogen-bond acceptors (Lipinski definition) is 2. The summed E-state index contributed by atoms with van der Waals surface area (Å²) in [4.78, 5) is 3.59. The van der Waals surface area contributed by atoms with Gasteiger partial charge in [-0.25, -0.2) is 0 Å². The highest BCUT2D eigenvalue weighted by molar-refractivity contribution is 14.1. The molecule has 0 bridgehead atoms. The minimum absolute atomic E-state index is 0.196. The molecular weight excluding hydrogens is 440 g/mol. The van der Waals surface area contributed by atoms with E-state index in [0.717, 1.165) is 11.3 Å². The molecule has 0 unspecified atom stereocenters. The van der Waals surface area contributed by atoms with Gasteiger partial charge in [-0.3, -0.25) is 0 Å². The van der Waals surface area contributed by atoms with Gasteiger partial charge >= 0.3 is 6.18 Å². The maximum Gasteiger partial charge on any atom is 0.417 e. The molecule has 0 atom stereocenters. The lowest BCUT2D eigenvalue weighted by molar-refractivity contribution is -0.137. The SMILES string of the molecule is C=CN(CI)c1ccc(-c2ccc(N(C)C)cc2C(F)(F)F)c(C)c1. The molecule has 134 valence electrons. The molecule has 0 heterocycles. The van der Waals surface area contributed by atoms with Crippen molar-refractivity contribution < 1.29 is 13.2 Å². The average molecular weight is 460 g/mol. The standard InChI is InChI=1S/C19H20F3IN2/c1-5-25(12-23)15-7-8-16(13(2)10-15)17-9-6-14(24(3)4)11-18(17)19(20,21)22/h5-11H,1,12H2,2-4H3. The third-order valence-corrected chi connectivity index (χ3v) is 4.74. The molecule has 0 saturated heterocycles. The van der Waals surface area contributed by atoms with Crippen LogP contribution < -0.4 is 9.80 Å². The zero-order valence-electron chi connectivity index (χ0n) is 14.4. The Morgan fingerprint density at radius 3 is 2.12 bits per heavy atom. The summed E-state index contributed by atoms with van der Waals surface area (Å²) in [6.07, 6.45) is -2.71. The Bertz CT molecular complexity index is 770. The molecule has 0 aliphatic heterocycles. The normalized spacial score (nSPS) is 11.3. The highest BCUT2D eigenvalue weighted by atomic mass is 127. The van der Waals surface area contributed by atoms with Crippen molar-refractivity contribution >= 4 is 34.0 Å². The van der Waals surface area contributed by atoms with Crippen LogP contribution in [0.5, 0.6) is 0 Å². The van der Waals surface area contributed by atoms with Gasteiger partial charge in [-0.2, -0.15) is 13.2 Å². The summed E-state index contributed by atoms with van der Waals surface area (Å²) in [5, 5.41) is 0. The van der Waals surface area contributed by atoms with Crippen molar-refractivity contribution in [3.63, 3.8) is 0 Å². The number of aryl methyl sites for hydroxylation is 1. The molecule has 0 radical (unpaired) electrons. The minimum Gasteiger partial charge on any atom is -0.378 e. The fraction of sp³-hybridized carbons (Fsp3) is 0.263. The van der Waals surface area contributed by atoms with Crippen molar-refractivity contribution in [3.8, 4) is 11.1 Å². The van der Waals surface area contributed by atoms with Crippen LogP contribution in [0.2, 0.25) is 0 Å². The number of anilines is 2. The van der Waals surface area contributed by atoms with E-state index in [1.54, 1.807) is 43.4 Å². The van der Waals surface area contributed by atoms with E-state index in [1.807, 2.05) is 24.0 Å². The van der Waals surface area contributed by atoms with Crippen LogP contribution >= 0.6 is 22.6 Å². The van der Waals surface area contributed by atoms with E-state index in [4.69, 9.17) is 0 Å². The molecule has 0 saturated carbocycles. The Morgan fingerprint density at radius 2 is 1.64 bits per heavy atom. The molecule has 2 aromatic carbocycles. The lowest BCUT2D eigenvalue weighted by Gasteiger charge is -2.21. The van der Waals surface area contributed by atoms with E-state index in [9.17, 15) is 13.2 Å². The highest BCUT2D eigenvalue weighted by Crippen LogP contribution is 2.40. The lowest BCUT2D eigenvalue weighted by atomic mass is 9.94. The van der Waals surface area contributed by atoms with E-state index in [0.29, 0.717) is 15.8 Å². The molecular formula is C19H20F3IN2. The van der Waals surface area contributed by atoms with Gasteiger partial charge in [-0.05, 0) is 54.1 Å². The fourth-order valence-corrected chi connectivity index (χ4v) is 3.30. The first-order valence-corrected chi connectivity index (χ1v) is 9.16. The molecule has 25 heavy (non-hydrogen) atoms. The van der Waals surface area contributed by atoms with Crippen molar-refractivity contribution in [1.29, 1.82) is 0 Å².